The highest BCUT2D eigenvalue weighted by atomic mass is 19.1. The SMILES string of the molecule is C=C/C=C(\C=C/NC)NC(=C)c1cc(F)ccc1Cc1ccc(CCC)cc1. The van der Waals surface area contributed by atoms with Gasteiger partial charge < -0.3 is 10.6 Å². The molecule has 2 N–H and O–H groups in total. The summed E-state index contributed by atoms with van der Waals surface area (Å²) in [5.74, 6) is -0.278. The van der Waals surface area contributed by atoms with Gasteiger partial charge in [0.25, 0.3) is 0 Å². The standard InChI is InChI=1S/C25H29FN2/c1-5-7-20-9-11-21(12-10-20)17-22-13-14-23(26)18-25(22)19(3)28-24(8-6-2)15-16-27-4/h6,8-16,18,27-28H,2-3,5,7,17H2,1,4H3/b16-15-,24-8+. The Labute approximate surface area is 168 Å². The first-order chi connectivity index (χ1) is 13.6. The van der Waals surface area contributed by atoms with Crippen molar-refractivity contribution in [3.05, 3.63) is 114 Å². The molecule has 2 aromatic carbocycles. The van der Waals surface area contributed by atoms with E-state index in [-0.39, 0.29) is 5.82 Å². The molecule has 2 nitrogen and oxygen atoms in total. The van der Waals surface area contributed by atoms with Crippen LogP contribution in [-0.2, 0) is 12.8 Å². The minimum atomic E-state index is -0.278. The molecule has 2 aromatic rings. The molecule has 0 spiro atoms. The Morgan fingerprint density at radius 1 is 1.11 bits per heavy atom. The maximum atomic E-state index is 13.9. The summed E-state index contributed by atoms with van der Waals surface area (Å²) in [7, 11) is 1.83. The largest absolute Gasteiger partial charge is 0.394 e. The third-order valence-corrected chi connectivity index (χ3v) is 4.38. The van der Waals surface area contributed by atoms with Gasteiger partial charge in [0.15, 0.2) is 0 Å². The van der Waals surface area contributed by atoms with Crippen LogP contribution in [0.3, 0.4) is 0 Å². The van der Waals surface area contributed by atoms with Crippen molar-refractivity contribution in [3.63, 3.8) is 0 Å². The van der Waals surface area contributed by atoms with E-state index in [1.165, 1.54) is 23.3 Å². The Balaban J connectivity index is 2.25. The van der Waals surface area contributed by atoms with Crippen molar-refractivity contribution in [2.45, 2.75) is 26.2 Å². The van der Waals surface area contributed by atoms with Crippen molar-refractivity contribution in [1.82, 2.24) is 10.6 Å². The van der Waals surface area contributed by atoms with Gasteiger partial charge in [-0.25, -0.2) is 4.39 Å². The van der Waals surface area contributed by atoms with Crippen molar-refractivity contribution in [1.29, 1.82) is 0 Å². The molecular formula is C25H29FN2. The maximum Gasteiger partial charge on any atom is 0.123 e. The lowest BCUT2D eigenvalue weighted by molar-refractivity contribution is 0.626. The molecule has 0 fully saturated rings. The van der Waals surface area contributed by atoms with E-state index in [1.54, 1.807) is 12.3 Å². The number of nitrogens with one attached hydrogen (secondary N) is 2. The Morgan fingerprint density at radius 3 is 2.46 bits per heavy atom. The monoisotopic (exact) mass is 376 g/mol. The van der Waals surface area contributed by atoms with Gasteiger partial charge in [0.1, 0.15) is 5.82 Å². The summed E-state index contributed by atoms with van der Waals surface area (Å²) >= 11 is 0. The first kappa shape index (κ1) is 21.2. The van der Waals surface area contributed by atoms with Crippen LogP contribution in [0, 0.1) is 5.82 Å². The van der Waals surface area contributed by atoms with Gasteiger partial charge >= 0.3 is 0 Å². The third kappa shape index (κ3) is 6.27. The van der Waals surface area contributed by atoms with Crippen LogP contribution in [0.5, 0.6) is 0 Å². The van der Waals surface area contributed by atoms with Crippen molar-refractivity contribution in [3.8, 4) is 0 Å². The molecule has 0 amide bonds. The van der Waals surface area contributed by atoms with Gasteiger partial charge in [-0.15, -0.1) is 0 Å². The molecule has 0 atom stereocenters. The zero-order valence-electron chi connectivity index (χ0n) is 16.8. The highest BCUT2D eigenvalue weighted by molar-refractivity contribution is 5.67. The summed E-state index contributed by atoms with van der Waals surface area (Å²) < 4.78 is 13.9. The van der Waals surface area contributed by atoms with Crippen LogP contribution in [0.1, 0.15) is 35.6 Å². The second kappa shape index (κ2) is 10.9. The Morgan fingerprint density at radius 2 is 1.82 bits per heavy atom. The zero-order valence-corrected chi connectivity index (χ0v) is 16.8. The highest BCUT2D eigenvalue weighted by Crippen LogP contribution is 2.22. The minimum absolute atomic E-state index is 0.278. The van der Waals surface area contributed by atoms with E-state index in [9.17, 15) is 4.39 Å². The summed E-state index contributed by atoms with van der Waals surface area (Å²) in [6.45, 7) is 10.0. The zero-order chi connectivity index (χ0) is 20.4. The van der Waals surface area contributed by atoms with Crippen LogP contribution >= 0.6 is 0 Å². The molecule has 2 rings (SSSR count). The van der Waals surface area contributed by atoms with Gasteiger partial charge in [-0.2, -0.15) is 0 Å². The van der Waals surface area contributed by atoms with E-state index < -0.39 is 0 Å². The molecule has 0 saturated heterocycles. The fourth-order valence-electron chi connectivity index (χ4n) is 3.00. The Kier molecular flexibility index (Phi) is 8.29. The molecule has 3 heteroatoms. The quantitative estimate of drug-likeness (QED) is 0.517. The average molecular weight is 377 g/mol. The number of allylic oxidation sites excluding steroid dienone is 3. The number of rotatable bonds is 10. The van der Waals surface area contributed by atoms with E-state index >= 15 is 0 Å². The van der Waals surface area contributed by atoms with Crippen LogP contribution in [0.2, 0.25) is 0 Å². The first-order valence-electron chi connectivity index (χ1n) is 9.56. The van der Waals surface area contributed by atoms with Crippen molar-refractivity contribution < 1.29 is 4.39 Å². The Hall–Kier alpha value is -3.07. The van der Waals surface area contributed by atoms with Gasteiger partial charge in [0.05, 0.1) is 0 Å². The number of hydrogen-bond donors (Lipinski definition) is 2. The molecule has 0 aliphatic heterocycles. The van der Waals surface area contributed by atoms with Crippen LogP contribution in [0.15, 0.2) is 85.7 Å². The van der Waals surface area contributed by atoms with E-state index in [4.69, 9.17) is 0 Å². The smallest absolute Gasteiger partial charge is 0.123 e. The van der Waals surface area contributed by atoms with E-state index in [0.717, 1.165) is 36.1 Å². The molecular weight excluding hydrogens is 347 g/mol. The summed E-state index contributed by atoms with van der Waals surface area (Å²) in [5.41, 5.74) is 5.78. The number of aryl methyl sites for hydroxylation is 1. The number of halogens is 1. The lowest BCUT2D eigenvalue weighted by atomic mass is 9.97. The van der Waals surface area contributed by atoms with Crippen molar-refractivity contribution >= 4 is 5.70 Å². The average Bonchev–Trinajstić information content (AvgIpc) is 2.69. The van der Waals surface area contributed by atoms with E-state index in [0.29, 0.717) is 5.70 Å². The molecule has 0 unspecified atom stereocenters. The number of benzene rings is 2. The summed E-state index contributed by atoms with van der Waals surface area (Å²) in [6.07, 6.45) is 10.1. The second-order valence-electron chi connectivity index (χ2n) is 6.63. The molecule has 0 aromatic heterocycles. The molecule has 0 radical (unpaired) electrons. The van der Waals surface area contributed by atoms with Gasteiger partial charge in [-0.1, -0.05) is 62.9 Å². The lowest BCUT2D eigenvalue weighted by Gasteiger charge is -2.15. The second-order valence-corrected chi connectivity index (χ2v) is 6.63. The molecule has 28 heavy (non-hydrogen) atoms. The summed E-state index contributed by atoms with van der Waals surface area (Å²) in [4.78, 5) is 0. The van der Waals surface area contributed by atoms with E-state index in [1.807, 2.05) is 25.3 Å². The topological polar surface area (TPSA) is 24.1 Å². The molecule has 0 heterocycles. The summed E-state index contributed by atoms with van der Waals surface area (Å²) in [6, 6.07) is 13.5. The fraction of sp³-hybridized carbons (Fsp3) is 0.200. The fourth-order valence-corrected chi connectivity index (χ4v) is 3.00. The maximum absolute atomic E-state index is 13.9. The molecule has 0 saturated carbocycles. The molecule has 0 aliphatic rings. The van der Waals surface area contributed by atoms with Gasteiger partial charge in [0, 0.05) is 24.0 Å². The normalized spacial score (nSPS) is 11.5. The molecule has 0 bridgehead atoms. The van der Waals surface area contributed by atoms with Crippen LogP contribution in [0.25, 0.3) is 5.70 Å². The molecule has 0 aliphatic carbocycles. The predicted molar refractivity (Wildman–Crippen MR) is 118 cm³/mol. The van der Waals surface area contributed by atoms with Crippen LogP contribution < -0.4 is 10.6 Å². The van der Waals surface area contributed by atoms with Crippen LogP contribution in [-0.4, -0.2) is 7.05 Å². The first-order valence-corrected chi connectivity index (χ1v) is 9.56. The van der Waals surface area contributed by atoms with Crippen LogP contribution in [0.4, 0.5) is 4.39 Å². The van der Waals surface area contributed by atoms with Gasteiger partial charge in [-0.3, -0.25) is 0 Å². The minimum Gasteiger partial charge on any atom is -0.394 e. The van der Waals surface area contributed by atoms with Gasteiger partial charge in [0.2, 0.25) is 0 Å². The highest BCUT2D eigenvalue weighted by Gasteiger charge is 2.10. The van der Waals surface area contributed by atoms with Gasteiger partial charge in [-0.05, 0) is 60.0 Å². The Bertz CT molecular complexity index is 861. The van der Waals surface area contributed by atoms with E-state index in [2.05, 4.69) is 55.0 Å². The van der Waals surface area contributed by atoms with Crippen molar-refractivity contribution in [2.24, 2.45) is 0 Å². The third-order valence-electron chi connectivity index (χ3n) is 4.38. The van der Waals surface area contributed by atoms with Crippen molar-refractivity contribution in [2.75, 3.05) is 7.05 Å². The number of hydrogen-bond acceptors (Lipinski definition) is 2. The lowest BCUT2D eigenvalue weighted by Crippen LogP contribution is -2.12. The predicted octanol–water partition coefficient (Wildman–Crippen LogP) is 5.73. The summed E-state index contributed by atoms with van der Waals surface area (Å²) in [5, 5.41) is 6.20. The molecule has 146 valence electrons.